The molecule has 0 saturated heterocycles. The summed E-state index contributed by atoms with van der Waals surface area (Å²) in [6, 6.07) is 28.2. The van der Waals surface area contributed by atoms with Crippen molar-refractivity contribution < 1.29 is 4.74 Å². The number of benzene rings is 3. The Morgan fingerprint density at radius 2 is 1.42 bits per heavy atom. The summed E-state index contributed by atoms with van der Waals surface area (Å²) in [4.78, 5) is 0. The molecule has 0 aromatic heterocycles. The Hall–Kier alpha value is -2.78. The molecule has 0 saturated carbocycles. The topological polar surface area (TPSA) is 33.3 Å². The molecule has 3 heteroatoms. The van der Waals surface area contributed by atoms with Crippen molar-refractivity contribution in [2.45, 2.75) is 19.6 Å². The fraction of sp³-hybridized carbons (Fsp3) is 0.143. The van der Waals surface area contributed by atoms with Crippen LogP contribution in [0.4, 0.5) is 5.69 Å². The molecule has 0 aliphatic carbocycles. The van der Waals surface area contributed by atoms with Crippen LogP contribution in [0.5, 0.6) is 11.5 Å². The Bertz CT molecular complexity index is 744. The lowest BCUT2D eigenvalue weighted by atomic mass is 10.2. The van der Waals surface area contributed by atoms with Crippen LogP contribution in [0.2, 0.25) is 0 Å². The zero-order valence-corrected chi connectivity index (χ0v) is 13.8. The molecule has 0 bridgehead atoms. The van der Waals surface area contributed by atoms with E-state index in [9.17, 15) is 0 Å². The number of para-hydroxylation sites is 3. The third-order valence-electron chi connectivity index (χ3n) is 3.69. The van der Waals surface area contributed by atoms with Gasteiger partial charge in [0.2, 0.25) is 0 Å². The second kappa shape index (κ2) is 8.18. The minimum absolute atomic E-state index is 0.116. The molecule has 2 N–H and O–H groups in total. The van der Waals surface area contributed by atoms with Gasteiger partial charge >= 0.3 is 0 Å². The maximum Gasteiger partial charge on any atom is 0.150 e. The molecule has 0 heterocycles. The summed E-state index contributed by atoms with van der Waals surface area (Å²) >= 11 is 0. The molecule has 3 aromatic carbocycles. The summed E-state index contributed by atoms with van der Waals surface area (Å²) in [5.41, 5.74) is 2.23. The first-order valence-corrected chi connectivity index (χ1v) is 8.17. The van der Waals surface area contributed by atoms with Gasteiger partial charge in [0.1, 0.15) is 5.75 Å². The number of ether oxygens (including phenoxy) is 1. The minimum atomic E-state index is 0.116. The largest absolute Gasteiger partial charge is 0.455 e. The lowest BCUT2D eigenvalue weighted by Gasteiger charge is -2.19. The average molecular weight is 318 g/mol. The van der Waals surface area contributed by atoms with E-state index in [1.807, 2.05) is 60.7 Å². The van der Waals surface area contributed by atoms with Gasteiger partial charge in [-0.2, -0.15) is 0 Å². The quantitative estimate of drug-likeness (QED) is 0.600. The summed E-state index contributed by atoms with van der Waals surface area (Å²) < 4.78 is 5.98. The highest BCUT2D eigenvalue weighted by atomic mass is 16.5. The number of hydrogen-bond donors (Lipinski definition) is 2. The highest BCUT2D eigenvalue weighted by Crippen LogP contribution is 2.29. The van der Waals surface area contributed by atoms with Crippen LogP contribution in [0.3, 0.4) is 0 Å². The van der Waals surface area contributed by atoms with Crippen LogP contribution >= 0.6 is 0 Å². The Balaban J connectivity index is 1.62. The third-order valence-corrected chi connectivity index (χ3v) is 3.69. The maximum absolute atomic E-state index is 5.98. The number of nitrogens with one attached hydrogen (secondary N) is 2. The van der Waals surface area contributed by atoms with Crippen LogP contribution in [0.15, 0.2) is 84.9 Å². The normalized spacial score (nSPS) is 11.7. The monoisotopic (exact) mass is 318 g/mol. The number of anilines is 1. The first kappa shape index (κ1) is 16.1. The molecule has 0 aliphatic rings. The van der Waals surface area contributed by atoms with Crippen LogP contribution in [0, 0.1) is 0 Å². The van der Waals surface area contributed by atoms with Crippen molar-refractivity contribution in [1.29, 1.82) is 0 Å². The van der Waals surface area contributed by atoms with Gasteiger partial charge in [-0.3, -0.25) is 5.32 Å². The summed E-state index contributed by atoms with van der Waals surface area (Å²) in [5, 5.41) is 6.94. The van der Waals surface area contributed by atoms with E-state index < -0.39 is 0 Å². The van der Waals surface area contributed by atoms with Crippen molar-refractivity contribution in [2.24, 2.45) is 0 Å². The molecule has 0 amide bonds. The van der Waals surface area contributed by atoms with E-state index in [4.69, 9.17) is 4.74 Å². The SMILES string of the molecule is CC(NCc1ccccc1)Nc1ccccc1Oc1ccccc1. The van der Waals surface area contributed by atoms with Crippen molar-refractivity contribution in [3.05, 3.63) is 90.5 Å². The molecular weight excluding hydrogens is 296 g/mol. The molecule has 1 unspecified atom stereocenters. The van der Waals surface area contributed by atoms with Crippen LogP contribution in [-0.2, 0) is 6.54 Å². The van der Waals surface area contributed by atoms with Crippen molar-refractivity contribution in [1.82, 2.24) is 5.32 Å². The molecule has 24 heavy (non-hydrogen) atoms. The molecule has 0 aliphatic heterocycles. The van der Waals surface area contributed by atoms with Gasteiger partial charge < -0.3 is 10.1 Å². The Morgan fingerprint density at radius 1 is 0.792 bits per heavy atom. The molecule has 1 atom stereocenters. The van der Waals surface area contributed by atoms with Gasteiger partial charge in [-0.05, 0) is 36.8 Å². The summed E-state index contributed by atoms with van der Waals surface area (Å²) in [6.07, 6.45) is 0.116. The predicted octanol–water partition coefficient (Wildman–Crippen LogP) is 5.03. The number of rotatable bonds is 7. The molecule has 3 rings (SSSR count). The maximum atomic E-state index is 5.98. The van der Waals surface area contributed by atoms with Gasteiger partial charge in [-0.1, -0.05) is 60.7 Å². The first-order valence-electron chi connectivity index (χ1n) is 8.17. The van der Waals surface area contributed by atoms with Gasteiger partial charge in [0.15, 0.2) is 5.75 Å². The van der Waals surface area contributed by atoms with Crippen LogP contribution in [0.25, 0.3) is 0 Å². The zero-order chi connectivity index (χ0) is 16.6. The second-order valence-corrected chi connectivity index (χ2v) is 5.64. The van der Waals surface area contributed by atoms with Crippen molar-refractivity contribution in [3.8, 4) is 11.5 Å². The molecule has 3 aromatic rings. The lowest BCUT2D eigenvalue weighted by molar-refractivity contribution is 0.482. The van der Waals surface area contributed by atoms with E-state index in [1.54, 1.807) is 0 Å². The van der Waals surface area contributed by atoms with E-state index in [2.05, 4.69) is 41.8 Å². The third kappa shape index (κ3) is 4.61. The highest BCUT2D eigenvalue weighted by Gasteiger charge is 2.07. The van der Waals surface area contributed by atoms with Gasteiger partial charge in [-0.15, -0.1) is 0 Å². The van der Waals surface area contributed by atoms with Crippen LogP contribution in [0.1, 0.15) is 12.5 Å². The van der Waals surface area contributed by atoms with Crippen molar-refractivity contribution in [2.75, 3.05) is 5.32 Å². The first-order chi connectivity index (χ1) is 11.8. The highest BCUT2D eigenvalue weighted by molar-refractivity contribution is 5.57. The Labute approximate surface area is 143 Å². The second-order valence-electron chi connectivity index (χ2n) is 5.64. The van der Waals surface area contributed by atoms with Crippen molar-refractivity contribution in [3.63, 3.8) is 0 Å². The summed E-state index contributed by atoms with van der Waals surface area (Å²) in [6.45, 7) is 2.92. The average Bonchev–Trinajstić information content (AvgIpc) is 2.63. The predicted molar refractivity (Wildman–Crippen MR) is 99.3 cm³/mol. The molecular formula is C21H22N2O. The molecule has 3 nitrogen and oxygen atoms in total. The summed E-state index contributed by atoms with van der Waals surface area (Å²) in [5.74, 6) is 1.65. The van der Waals surface area contributed by atoms with Crippen molar-refractivity contribution >= 4 is 5.69 Å². The Kier molecular flexibility index (Phi) is 5.48. The van der Waals surface area contributed by atoms with Gasteiger partial charge in [0.25, 0.3) is 0 Å². The molecule has 0 spiro atoms. The summed E-state index contributed by atoms with van der Waals surface area (Å²) in [7, 11) is 0. The molecule has 0 radical (unpaired) electrons. The fourth-order valence-electron chi connectivity index (χ4n) is 2.44. The van der Waals surface area contributed by atoms with Gasteiger partial charge in [0.05, 0.1) is 11.9 Å². The van der Waals surface area contributed by atoms with Crippen LogP contribution in [-0.4, -0.2) is 6.17 Å². The standard InChI is InChI=1S/C21H22N2O/c1-17(22-16-18-10-4-2-5-11-18)23-20-14-8-9-15-21(20)24-19-12-6-3-7-13-19/h2-15,17,22-23H,16H2,1H3. The van der Waals surface area contributed by atoms with E-state index in [0.717, 1.165) is 23.7 Å². The fourth-order valence-corrected chi connectivity index (χ4v) is 2.44. The Morgan fingerprint density at radius 3 is 2.17 bits per heavy atom. The van der Waals surface area contributed by atoms with E-state index in [-0.39, 0.29) is 6.17 Å². The van der Waals surface area contributed by atoms with E-state index >= 15 is 0 Å². The van der Waals surface area contributed by atoms with Crippen LogP contribution < -0.4 is 15.4 Å². The van der Waals surface area contributed by atoms with E-state index in [1.165, 1.54) is 5.56 Å². The zero-order valence-electron chi connectivity index (χ0n) is 13.8. The van der Waals surface area contributed by atoms with E-state index in [0.29, 0.717) is 0 Å². The lowest BCUT2D eigenvalue weighted by Crippen LogP contribution is -2.32. The van der Waals surface area contributed by atoms with Gasteiger partial charge in [-0.25, -0.2) is 0 Å². The number of hydrogen-bond acceptors (Lipinski definition) is 3. The smallest absolute Gasteiger partial charge is 0.150 e. The minimum Gasteiger partial charge on any atom is -0.455 e. The molecule has 0 fully saturated rings. The molecule has 122 valence electrons. The van der Waals surface area contributed by atoms with Gasteiger partial charge in [0, 0.05) is 6.54 Å².